The fourth-order valence-corrected chi connectivity index (χ4v) is 2.22. The van der Waals surface area contributed by atoms with Crippen molar-refractivity contribution in [3.05, 3.63) is 0 Å². The molecule has 2 amide bonds. The quantitative estimate of drug-likeness (QED) is 0.542. The molecule has 0 aromatic rings. The first-order valence-electron chi connectivity index (χ1n) is 4.99. The summed E-state index contributed by atoms with van der Waals surface area (Å²) in [5.41, 5.74) is 5.40. The van der Waals surface area contributed by atoms with E-state index < -0.39 is 0 Å². The molecule has 5 heteroatoms. The molecule has 0 aromatic carbocycles. The van der Waals surface area contributed by atoms with E-state index in [1.807, 2.05) is 0 Å². The number of fused-ring (bicyclic) bond motifs is 1. The highest BCUT2D eigenvalue weighted by Crippen LogP contribution is 2.27. The second-order valence-electron chi connectivity index (χ2n) is 3.97. The summed E-state index contributed by atoms with van der Waals surface area (Å²) in [5, 5.41) is 2.37. The molecule has 5 nitrogen and oxygen atoms in total. The van der Waals surface area contributed by atoms with Gasteiger partial charge in [-0.05, 0) is 19.5 Å². The minimum atomic E-state index is -0.111. The lowest BCUT2D eigenvalue weighted by atomic mass is 10.00. The van der Waals surface area contributed by atoms with Crippen LogP contribution in [-0.4, -0.2) is 42.9 Å². The van der Waals surface area contributed by atoms with Crippen LogP contribution in [0.3, 0.4) is 0 Å². The van der Waals surface area contributed by atoms with E-state index >= 15 is 0 Å². The number of rotatable bonds is 3. The molecule has 2 heterocycles. The van der Waals surface area contributed by atoms with Crippen LogP contribution in [0, 0.1) is 11.8 Å². The maximum Gasteiger partial charge on any atom is 0.231 e. The molecule has 14 heavy (non-hydrogen) atoms. The van der Waals surface area contributed by atoms with Crippen LogP contribution in [0.25, 0.3) is 0 Å². The van der Waals surface area contributed by atoms with Crippen molar-refractivity contribution >= 4 is 11.8 Å². The number of carbonyl (C=O) groups is 2. The third-order valence-corrected chi connectivity index (χ3v) is 2.99. The average molecular weight is 197 g/mol. The van der Waals surface area contributed by atoms with E-state index in [0.29, 0.717) is 19.6 Å². The van der Waals surface area contributed by atoms with Gasteiger partial charge in [0.25, 0.3) is 0 Å². The molecule has 0 bridgehead atoms. The molecule has 2 aliphatic rings. The summed E-state index contributed by atoms with van der Waals surface area (Å²) in [4.78, 5) is 24.8. The van der Waals surface area contributed by atoms with Crippen molar-refractivity contribution in [3.8, 4) is 0 Å². The van der Waals surface area contributed by atoms with Crippen molar-refractivity contribution in [3.63, 3.8) is 0 Å². The van der Waals surface area contributed by atoms with Crippen molar-refractivity contribution in [1.82, 2.24) is 10.2 Å². The molecule has 2 aliphatic heterocycles. The Morgan fingerprint density at radius 3 is 2.36 bits per heavy atom. The fraction of sp³-hybridized carbons (Fsp3) is 0.778. The molecular formula is C9H15N3O2. The molecule has 0 saturated carbocycles. The summed E-state index contributed by atoms with van der Waals surface area (Å²) in [6.45, 7) is 2.97. The monoisotopic (exact) mass is 197 g/mol. The van der Waals surface area contributed by atoms with Crippen molar-refractivity contribution in [2.75, 3.05) is 26.2 Å². The van der Waals surface area contributed by atoms with Crippen LogP contribution in [0.5, 0.6) is 0 Å². The van der Waals surface area contributed by atoms with Gasteiger partial charge in [0.05, 0.1) is 11.8 Å². The molecule has 0 aliphatic carbocycles. The Balaban J connectivity index is 1.94. The van der Waals surface area contributed by atoms with Crippen LogP contribution < -0.4 is 11.1 Å². The predicted octanol–water partition coefficient (Wildman–Crippen LogP) is -1.46. The standard InChI is InChI=1S/C9H15N3O2/c10-2-1-3-12-4-6-7(5-12)9(14)11-8(6)13/h6-7H,1-5,10H2,(H,11,13,14)/t6-,7+. The van der Waals surface area contributed by atoms with E-state index in [1.165, 1.54) is 0 Å². The van der Waals surface area contributed by atoms with E-state index in [-0.39, 0.29) is 23.7 Å². The van der Waals surface area contributed by atoms with Crippen LogP contribution in [0.15, 0.2) is 0 Å². The van der Waals surface area contributed by atoms with Crippen LogP contribution >= 0.6 is 0 Å². The van der Waals surface area contributed by atoms with Crippen LogP contribution in [0.4, 0.5) is 0 Å². The van der Waals surface area contributed by atoms with Gasteiger partial charge in [-0.1, -0.05) is 0 Å². The number of amides is 2. The van der Waals surface area contributed by atoms with Gasteiger partial charge in [-0.15, -0.1) is 0 Å². The minimum absolute atomic E-state index is 0.102. The summed E-state index contributed by atoms with van der Waals surface area (Å²) in [6, 6.07) is 0. The van der Waals surface area contributed by atoms with Gasteiger partial charge in [0, 0.05) is 13.1 Å². The van der Waals surface area contributed by atoms with Crippen LogP contribution in [0.1, 0.15) is 6.42 Å². The molecule has 2 atom stereocenters. The Morgan fingerprint density at radius 2 is 1.86 bits per heavy atom. The number of carbonyl (C=O) groups excluding carboxylic acids is 2. The average Bonchev–Trinajstić information content (AvgIpc) is 2.67. The number of hydrogen-bond donors (Lipinski definition) is 2. The lowest BCUT2D eigenvalue weighted by Gasteiger charge is -2.15. The van der Waals surface area contributed by atoms with E-state index in [2.05, 4.69) is 10.2 Å². The SMILES string of the molecule is NCCCN1C[C@@H]2C(=O)NC(=O)[C@@H]2C1. The first-order chi connectivity index (χ1) is 6.72. The van der Waals surface area contributed by atoms with Gasteiger partial charge < -0.3 is 10.6 Å². The summed E-state index contributed by atoms with van der Waals surface area (Å²) < 4.78 is 0. The first kappa shape index (κ1) is 9.61. The maximum atomic E-state index is 11.3. The van der Waals surface area contributed by atoms with Gasteiger partial charge in [-0.3, -0.25) is 14.9 Å². The summed E-state index contributed by atoms with van der Waals surface area (Å²) in [7, 11) is 0. The lowest BCUT2D eigenvalue weighted by Crippen LogP contribution is -2.32. The van der Waals surface area contributed by atoms with Gasteiger partial charge in [-0.25, -0.2) is 0 Å². The van der Waals surface area contributed by atoms with Crippen LogP contribution in [0.2, 0.25) is 0 Å². The molecule has 2 rings (SSSR count). The molecular weight excluding hydrogens is 182 g/mol. The molecule has 3 N–H and O–H groups in total. The van der Waals surface area contributed by atoms with Crippen molar-refractivity contribution in [2.24, 2.45) is 17.6 Å². The number of nitrogens with one attached hydrogen (secondary N) is 1. The topological polar surface area (TPSA) is 75.4 Å². The Labute approximate surface area is 82.6 Å². The predicted molar refractivity (Wildman–Crippen MR) is 50.2 cm³/mol. The second kappa shape index (κ2) is 3.67. The summed E-state index contributed by atoms with van der Waals surface area (Å²) >= 11 is 0. The van der Waals surface area contributed by atoms with Gasteiger partial charge in [-0.2, -0.15) is 0 Å². The minimum Gasteiger partial charge on any atom is -0.330 e. The third kappa shape index (κ3) is 1.53. The van der Waals surface area contributed by atoms with Gasteiger partial charge >= 0.3 is 0 Å². The molecule has 78 valence electrons. The number of hydrogen-bond acceptors (Lipinski definition) is 4. The van der Waals surface area contributed by atoms with E-state index in [4.69, 9.17) is 5.73 Å². The Morgan fingerprint density at radius 1 is 1.29 bits per heavy atom. The first-order valence-corrected chi connectivity index (χ1v) is 4.99. The van der Waals surface area contributed by atoms with Gasteiger partial charge in [0.1, 0.15) is 0 Å². The van der Waals surface area contributed by atoms with Crippen molar-refractivity contribution in [1.29, 1.82) is 0 Å². The largest absolute Gasteiger partial charge is 0.330 e. The van der Waals surface area contributed by atoms with Gasteiger partial charge in [0.15, 0.2) is 0 Å². The number of nitrogens with two attached hydrogens (primary N) is 1. The number of nitrogens with zero attached hydrogens (tertiary/aromatic N) is 1. The van der Waals surface area contributed by atoms with Gasteiger partial charge in [0.2, 0.25) is 11.8 Å². The second-order valence-corrected chi connectivity index (χ2v) is 3.97. The van der Waals surface area contributed by atoms with E-state index in [0.717, 1.165) is 13.0 Å². The Kier molecular flexibility index (Phi) is 2.52. The third-order valence-electron chi connectivity index (χ3n) is 2.99. The lowest BCUT2D eigenvalue weighted by molar-refractivity contribution is -0.126. The van der Waals surface area contributed by atoms with E-state index in [9.17, 15) is 9.59 Å². The maximum absolute atomic E-state index is 11.3. The summed E-state index contributed by atoms with van der Waals surface area (Å²) in [6.07, 6.45) is 0.926. The van der Waals surface area contributed by atoms with Crippen molar-refractivity contribution in [2.45, 2.75) is 6.42 Å². The normalized spacial score (nSPS) is 32.1. The molecule has 0 aromatic heterocycles. The Bertz CT molecular complexity index is 245. The number of imide groups is 1. The highest BCUT2D eigenvalue weighted by molar-refractivity contribution is 6.05. The smallest absolute Gasteiger partial charge is 0.231 e. The molecule has 2 fully saturated rings. The highest BCUT2D eigenvalue weighted by atomic mass is 16.2. The van der Waals surface area contributed by atoms with Crippen LogP contribution in [-0.2, 0) is 9.59 Å². The molecule has 2 saturated heterocycles. The molecule has 0 unspecified atom stereocenters. The zero-order valence-corrected chi connectivity index (χ0v) is 8.03. The van der Waals surface area contributed by atoms with Crippen molar-refractivity contribution < 1.29 is 9.59 Å². The highest BCUT2D eigenvalue weighted by Gasteiger charge is 2.47. The Hall–Kier alpha value is -0.940. The van der Waals surface area contributed by atoms with E-state index in [1.54, 1.807) is 0 Å². The molecule has 0 radical (unpaired) electrons. The zero-order valence-electron chi connectivity index (χ0n) is 8.03. The zero-order chi connectivity index (χ0) is 10.1. The summed E-state index contributed by atoms with van der Waals surface area (Å²) in [5.74, 6) is -0.425. The fourth-order valence-electron chi connectivity index (χ4n) is 2.22. The molecule has 0 spiro atoms. The number of likely N-dealkylation sites (tertiary alicyclic amines) is 1.